The van der Waals surface area contributed by atoms with E-state index in [2.05, 4.69) is 10.2 Å². The number of carbonyl (C=O) groups is 1. The second-order valence-electron chi connectivity index (χ2n) is 7.51. The maximum Gasteiger partial charge on any atom is 0.233 e. The number of amides is 1. The quantitative estimate of drug-likeness (QED) is 0.469. The number of sulfone groups is 1. The van der Waals surface area contributed by atoms with E-state index in [4.69, 9.17) is 11.6 Å². The van der Waals surface area contributed by atoms with Gasteiger partial charge in [-0.1, -0.05) is 41.6 Å². The van der Waals surface area contributed by atoms with E-state index in [1.807, 2.05) is 54.0 Å². The number of halogens is 1. The summed E-state index contributed by atoms with van der Waals surface area (Å²) in [7, 11) is -3.06. The van der Waals surface area contributed by atoms with Crippen LogP contribution in [-0.4, -0.2) is 63.8 Å². The van der Waals surface area contributed by atoms with Crippen LogP contribution in [-0.2, 0) is 14.6 Å². The molecule has 0 N–H and O–H groups in total. The maximum absolute atomic E-state index is 12.9. The average molecular weight is 491 g/mol. The molecular formula is C22H23ClN4O3S2. The van der Waals surface area contributed by atoms with Crippen molar-refractivity contribution in [3.05, 3.63) is 59.6 Å². The highest BCUT2D eigenvalue weighted by atomic mass is 35.5. The molecule has 0 bridgehead atoms. The van der Waals surface area contributed by atoms with Crippen LogP contribution in [0.5, 0.6) is 0 Å². The van der Waals surface area contributed by atoms with Gasteiger partial charge in [-0.15, -0.1) is 10.2 Å². The molecular weight excluding hydrogens is 468 g/mol. The van der Waals surface area contributed by atoms with Gasteiger partial charge in [0.05, 0.1) is 17.3 Å². The van der Waals surface area contributed by atoms with Gasteiger partial charge >= 0.3 is 0 Å². The van der Waals surface area contributed by atoms with Gasteiger partial charge in [0.25, 0.3) is 0 Å². The van der Waals surface area contributed by atoms with Crippen molar-refractivity contribution in [3.8, 4) is 17.1 Å². The van der Waals surface area contributed by atoms with Gasteiger partial charge in [0.2, 0.25) is 5.91 Å². The Morgan fingerprint density at radius 1 is 1.16 bits per heavy atom. The van der Waals surface area contributed by atoms with Gasteiger partial charge in [0.15, 0.2) is 20.8 Å². The van der Waals surface area contributed by atoms with Crippen molar-refractivity contribution < 1.29 is 13.2 Å². The Morgan fingerprint density at radius 2 is 1.88 bits per heavy atom. The third-order valence-electron chi connectivity index (χ3n) is 5.39. The van der Waals surface area contributed by atoms with E-state index in [0.717, 1.165) is 11.3 Å². The fourth-order valence-electron chi connectivity index (χ4n) is 3.83. The van der Waals surface area contributed by atoms with Crippen LogP contribution in [0, 0.1) is 0 Å². The summed E-state index contributed by atoms with van der Waals surface area (Å²) in [6, 6.07) is 16.8. The summed E-state index contributed by atoms with van der Waals surface area (Å²) < 4.78 is 25.6. The van der Waals surface area contributed by atoms with E-state index in [1.54, 1.807) is 17.0 Å². The van der Waals surface area contributed by atoms with E-state index in [9.17, 15) is 13.2 Å². The third kappa shape index (κ3) is 5.00. The first kappa shape index (κ1) is 22.8. The van der Waals surface area contributed by atoms with Gasteiger partial charge in [-0.2, -0.15) is 0 Å². The first-order chi connectivity index (χ1) is 15.4. The molecule has 0 spiro atoms. The van der Waals surface area contributed by atoms with E-state index < -0.39 is 9.84 Å². The van der Waals surface area contributed by atoms with Crippen LogP contribution in [0.3, 0.4) is 0 Å². The standard InChI is InChI=1S/C22H23ClN4O3S2/c1-2-26(19-12-13-32(29,30)15-19)20(28)14-31-22-25-24-21(16-8-10-17(23)11-9-16)27(22)18-6-4-3-5-7-18/h3-11,19H,2,12-15H2,1H3/t19-/m1/s1. The fourth-order valence-corrected chi connectivity index (χ4v) is 6.52. The number of hydrogen-bond donors (Lipinski definition) is 0. The highest BCUT2D eigenvalue weighted by Gasteiger charge is 2.34. The zero-order chi connectivity index (χ0) is 22.7. The summed E-state index contributed by atoms with van der Waals surface area (Å²) in [6.07, 6.45) is 0.494. The first-order valence-corrected chi connectivity index (χ1v) is 13.5. The lowest BCUT2D eigenvalue weighted by Gasteiger charge is -2.26. The molecule has 0 saturated carbocycles. The SMILES string of the molecule is CCN(C(=O)CSc1nnc(-c2ccc(Cl)cc2)n1-c1ccccc1)[C@@H]1CCS(=O)(=O)C1. The molecule has 0 radical (unpaired) electrons. The number of nitrogens with zero attached hydrogens (tertiary/aromatic N) is 4. The summed E-state index contributed by atoms with van der Waals surface area (Å²) in [5, 5.41) is 9.94. The van der Waals surface area contributed by atoms with Crippen molar-refractivity contribution in [1.29, 1.82) is 0 Å². The molecule has 10 heteroatoms. The molecule has 4 rings (SSSR count). The molecule has 32 heavy (non-hydrogen) atoms. The van der Waals surface area contributed by atoms with Crippen molar-refractivity contribution in [2.45, 2.75) is 24.5 Å². The lowest BCUT2D eigenvalue weighted by atomic mass is 10.2. The number of rotatable bonds is 7. The molecule has 2 aromatic carbocycles. The molecule has 1 aromatic heterocycles. The maximum atomic E-state index is 12.9. The number of thioether (sulfide) groups is 1. The molecule has 7 nitrogen and oxygen atoms in total. The lowest BCUT2D eigenvalue weighted by molar-refractivity contribution is -0.129. The Labute approximate surface area is 196 Å². The lowest BCUT2D eigenvalue weighted by Crippen LogP contribution is -2.42. The van der Waals surface area contributed by atoms with Gasteiger partial charge in [0, 0.05) is 28.9 Å². The van der Waals surface area contributed by atoms with Gasteiger partial charge < -0.3 is 4.90 Å². The average Bonchev–Trinajstić information content (AvgIpc) is 3.37. The third-order valence-corrected chi connectivity index (χ3v) is 8.30. The number of carbonyl (C=O) groups excluding carboxylic acids is 1. The Kier molecular flexibility index (Phi) is 6.88. The predicted octanol–water partition coefficient (Wildman–Crippen LogP) is 3.72. The number of benzene rings is 2. The van der Waals surface area contributed by atoms with Gasteiger partial charge in [-0.25, -0.2) is 8.42 Å². The van der Waals surface area contributed by atoms with Crippen LogP contribution < -0.4 is 0 Å². The molecule has 3 aromatic rings. The van der Waals surface area contributed by atoms with Crippen molar-refractivity contribution >= 4 is 39.1 Å². The van der Waals surface area contributed by atoms with Crippen LogP contribution in [0.4, 0.5) is 0 Å². The van der Waals surface area contributed by atoms with E-state index >= 15 is 0 Å². The summed E-state index contributed by atoms with van der Waals surface area (Å²) in [6.45, 7) is 2.35. The highest BCUT2D eigenvalue weighted by Crippen LogP contribution is 2.29. The van der Waals surface area contributed by atoms with Crippen LogP contribution in [0.1, 0.15) is 13.3 Å². The molecule has 1 aliphatic heterocycles. The highest BCUT2D eigenvalue weighted by molar-refractivity contribution is 7.99. The van der Waals surface area contributed by atoms with Crippen LogP contribution in [0.25, 0.3) is 17.1 Å². The van der Waals surface area contributed by atoms with E-state index in [0.29, 0.717) is 29.0 Å². The zero-order valence-electron chi connectivity index (χ0n) is 17.5. The summed E-state index contributed by atoms with van der Waals surface area (Å²) in [5.41, 5.74) is 1.74. The molecule has 0 aliphatic carbocycles. The van der Waals surface area contributed by atoms with Crippen LogP contribution in [0.15, 0.2) is 59.8 Å². The number of aromatic nitrogens is 3. The smallest absolute Gasteiger partial charge is 0.233 e. The second-order valence-corrected chi connectivity index (χ2v) is 11.1. The molecule has 168 valence electrons. The molecule has 1 saturated heterocycles. The fraction of sp³-hybridized carbons (Fsp3) is 0.318. The normalized spacial score (nSPS) is 17.4. The number of para-hydroxylation sites is 1. The molecule has 1 fully saturated rings. The monoisotopic (exact) mass is 490 g/mol. The predicted molar refractivity (Wildman–Crippen MR) is 127 cm³/mol. The summed E-state index contributed by atoms with van der Waals surface area (Å²) in [4.78, 5) is 14.6. The van der Waals surface area contributed by atoms with Crippen LogP contribution >= 0.6 is 23.4 Å². The van der Waals surface area contributed by atoms with Crippen molar-refractivity contribution in [2.24, 2.45) is 0 Å². The van der Waals surface area contributed by atoms with Crippen molar-refractivity contribution in [3.63, 3.8) is 0 Å². The minimum atomic E-state index is -3.06. The van der Waals surface area contributed by atoms with Crippen molar-refractivity contribution in [1.82, 2.24) is 19.7 Å². The van der Waals surface area contributed by atoms with Gasteiger partial charge in [-0.05, 0) is 49.7 Å². The number of hydrogen-bond acceptors (Lipinski definition) is 6. The largest absolute Gasteiger partial charge is 0.338 e. The first-order valence-electron chi connectivity index (χ1n) is 10.3. The Hall–Kier alpha value is -2.36. The van der Waals surface area contributed by atoms with Crippen LogP contribution in [0.2, 0.25) is 5.02 Å². The van der Waals surface area contributed by atoms with Gasteiger partial charge in [0.1, 0.15) is 0 Å². The summed E-state index contributed by atoms with van der Waals surface area (Å²) in [5.74, 6) is 0.877. The van der Waals surface area contributed by atoms with Gasteiger partial charge in [-0.3, -0.25) is 9.36 Å². The molecule has 2 heterocycles. The zero-order valence-corrected chi connectivity index (χ0v) is 19.9. The molecule has 0 unspecified atom stereocenters. The minimum Gasteiger partial charge on any atom is -0.338 e. The minimum absolute atomic E-state index is 0.0398. The van der Waals surface area contributed by atoms with Crippen molar-refractivity contribution in [2.75, 3.05) is 23.8 Å². The van der Waals surface area contributed by atoms with E-state index in [1.165, 1.54) is 11.8 Å². The molecule has 1 amide bonds. The Balaban J connectivity index is 1.58. The van der Waals surface area contributed by atoms with E-state index in [-0.39, 0.29) is 29.2 Å². The molecule has 1 aliphatic rings. The Bertz CT molecular complexity index is 1200. The second kappa shape index (κ2) is 9.64. The molecule has 1 atom stereocenters. The summed E-state index contributed by atoms with van der Waals surface area (Å²) >= 11 is 7.33. The Morgan fingerprint density at radius 3 is 2.50 bits per heavy atom. The topological polar surface area (TPSA) is 85.2 Å².